The van der Waals surface area contributed by atoms with Gasteiger partial charge < -0.3 is 13.3 Å². The Hall–Kier alpha value is 0.0269. The van der Waals surface area contributed by atoms with Crippen molar-refractivity contribution in [2.45, 2.75) is 72.3 Å². The lowest BCUT2D eigenvalue weighted by atomic mass is 10.5. The topological polar surface area (TPSA) is 27.7 Å². The van der Waals surface area contributed by atoms with Crippen LogP contribution in [0.1, 0.15) is 48.0 Å². The van der Waals surface area contributed by atoms with Gasteiger partial charge in [-0.1, -0.05) is 0 Å². The monoisotopic (exact) mass is 266 g/mol. The summed E-state index contributed by atoms with van der Waals surface area (Å²) in [4.78, 5) is 0. The van der Waals surface area contributed by atoms with Crippen molar-refractivity contribution < 1.29 is 17.7 Å². The Morgan fingerprint density at radius 2 is 1.18 bits per heavy atom. The van der Waals surface area contributed by atoms with Gasteiger partial charge in [-0.05, 0) is 48.0 Å². The maximum atomic E-state index is 12.4. The van der Waals surface area contributed by atoms with Crippen molar-refractivity contribution >= 4 is 8.80 Å². The fraction of sp³-hybridized carbons (Fsp3) is 1.00. The third kappa shape index (κ3) is 7.86. The molecule has 0 aromatic carbocycles. The van der Waals surface area contributed by atoms with E-state index in [1.807, 2.05) is 41.5 Å². The van der Waals surface area contributed by atoms with E-state index in [0.29, 0.717) is 12.5 Å². The lowest BCUT2D eigenvalue weighted by Gasteiger charge is -2.34. The van der Waals surface area contributed by atoms with Crippen LogP contribution in [0.5, 0.6) is 0 Å². The van der Waals surface area contributed by atoms with E-state index in [1.165, 1.54) is 0 Å². The Labute approximate surface area is 106 Å². The second-order valence-corrected chi connectivity index (χ2v) is 7.55. The molecule has 0 rings (SSSR count). The molecule has 0 saturated heterocycles. The van der Waals surface area contributed by atoms with Crippen LogP contribution in [0.3, 0.4) is 0 Å². The molecular formula is C12H27FO3Si. The smallest absolute Gasteiger partial charge is 0.371 e. The SMILES string of the molecule is CC(C)O[Si](CCCF)(OC(C)C)OC(C)C. The summed E-state index contributed by atoms with van der Waals surface area (Å²) in [5, 5.41) is 0. The summed E-state index contributed by atoms with van der Waals surface area (Å²) in [5.74, 6) is 0. The van der Waals surface area contributed by atoms with E-state index in [4.69, 9.17) is 13.3 Å². The van der Waals surface area contributed by atoms with E-state index in [0.717, 1.165) is 0 Å². The lowest BCUT2D eigenvalue weighted by Crippen LogP contribution is -2.50. The van der Waals surface area contributed by atoms with Crippen LogP contribution in [0.25, 0.3) is 0 Å². The molecule has 0 aliphatic rings. The van der Waals surface area contributed by atoms with Gasteiger partial charge in [0, 0.05) is 24.4 Å². The molecular weight excluding hydrogens is 239 g/mol. The first-order valence-electron chi connectivity index (χ1n) is 6.40. The van der Waals surface area contributed by atoms with E-state index in [-0.39, 0.29) is 25.0 Å². The predicted octanol–water partition coefficient (Wildman–Crippen LogP) is 3.56. The first-order chi connectivity index (χ1) is 7.81. The van der Waals surface area contributed by atoms with E-state index in [2.05, 4.69) is 0 Å². The van der Waals surface area contributed by atoms with Crippen LogP contribution in [-0.4, -0.2) is 33.8 Å². The molecule has 3 nitrogen and oxygen atoms in total. The maximum Gasteiger partial charge on any atom is 0.501 e. The van der Waals surface area contributed by atoms with Gasteiger partial charge in [0.25, 0.3) is 0 Å². The van der Waals surface area contributed by atoms with E-state index in [1.54, 1.807) is 0 Å². The summed E-state index contributed by atoms with van der Waals surface area (Å²) in [6.45, 7) is 11.3. The van der Waals surface area contributed by atoms with E-state index < -0.39 is 8.80 Å². The van der Waals surface area contributed by atoms with Crippen molar-refractivity contribution in [1.82, 2.24) is 0 Å². The highest BCUT2D eigenvalue weighted by Crippen LogP contribution is 2.23. The van der Waals surface area contributed by atoms with Gasteiger partial charge in [-0.25, -0.2) is 0 Å². The Morgan fingerprint density at radius 3 is 1.41 bits per heavy atom. The highest BCUT2D eigenvalue weighted by atomic mass is 28.4. The summed E-state index contributed by atoms with van der Waals surface area (Å²) < 4.78 is 30.1. The molecule has 0 radical (unpaired) electrons. The molecule has 0 heterocycles. The zero-order chi connectivity index (χ0) is 13.5. The minimum Gasteiger partial charge on any atom is -0.371 e. The zero-order valence-corrected chi connectivity index (χ0v) is 13.0. The molecule has 0 fully saturated rings. The summed E-state index contributed by atoms with van der Waals surface area (Å²) in [6, 6.07) is 0.540. The minimum absolute atomic E-state index is 0.0266. The van der Waals surface area contributed by atoms with Crippen molar-refractivity contribution in [3.8, 4) is 0 Å². The second-order valence-electron chi connectivity index (χ2n) is 4.98. The second kappa shape index (κ2) is 8.19. The normalized spacial score (nSPS) is 13.1. The van der Waals surface area contributed by atoms with Gasteiger partial charge in [0.2, 0.25) is 0 Å². The maximum absolute atomic E-state index is 12.4. The van der Waals surface area contributed by atoms with Crippen molar-refractivity contribution in [3.63, 3.8) is 0 Å². The summed E-state index contributed by atoms with van der Waals surface area (Å²) in [5.41, 5.74) is 0. The molecule has 0 N–H and O–H groups in total. The highest BCUT2D eigenvalue weighted by molar-refractivity contribution is 6.60. The average molecular weight is 266 g/mol. The van der Waals surface area contributed by atoms with Crippen LogP contribution >= 0.6 is 0 Å². The fourth-order valence-corrected chi connectivity index (χ4v) is 4.86. The van der Waals surface area contributed by atoms with Crippen molar-refractivity contribution in [1.29, 1.82) is 0 Å². The molecule has 0 bridgehead atoms. The molecule has 104 valence electrons. The van der Waals surface area contributed by atoms with Crippen molar-refractivity contribution in [3.05, 3.63) is 0 Å². The predicted molar refractivity (Wildman–Crippen MR) is 69.8 cm³/mol. The van der Waals surface area contributed by atoms with Gasteiger partial charge in [0.15, 0.2) is 0 Å². The standard InChI is InChI=1S/C12H27FO3Si/c1-10(2)14-17(9-7-8-13,15-11(3)4)16-12(5)6/h10-12H,7-9H2,1-6H3. The third-order valence-electron chi connectivity index (χ3n) is 1.86. The molecule has 5 heteroatoms. The number of halogens is 1. The molecule has 0 saturated carbocycles. The molecule has 0 aromatic heterocycles. The quantitative estimate of drug-likeness (QED) is 0.597. The minimum atomic E-state index is -2.75. The summed E-state index contributed by atoms with van der Waals surface area (Å²) in [6.07, 6.45) is 0.509. The van der Waals surface area contributed by atoms with Crippen LogP contribution in [-0.2, 0) is 13.3 Å². The Morgan fingerprint density at radius 1 is 0.824 bits per heavy atom. The van der Waals surface area contributed by atoms with Gasteiger partial charge in [0.05, 0.1) is 6.67 Å². The molecule has 0 aliphatic heterocycles. The highest BCUT2D eigenvalue weighted by Gasteiger charge is 2.43. The van der Waals surface area contributed by atoms with Crippen LogP contribution in [0.2, 0.25) is 6.04 Å². The van der Waals surface area contributed by atoms with Crippen LogP contribution < -0.4 is 0 Å². The van der Waals surface area contributed by atoms with Gasteiger partial charge in [0.1, 0.15) is 0 Å². The van der Waals surface area contributed by atoms with Crippen LogP contribution in [0.4, 0.5) is 4.39 Å². The first-order valence-corrected chi connectivity index (χ1v) is 8.34. The number of hydrogen-bond donors (Lipinski definition) is 0. The molecule has 0 spiro atoms. The Balaban J connectivity index is 4.76. The number of alkyl halides is 1. The largest absolute Gasteiger partial charge is 0.501 e. The molecule has 0 unspecified atom stereocenters. The molecule has 17 heavy (non-hydrogen) atoms. The summed E-state index contributed by atoms with van der Waals surface area (Å²) >= 11 is 0. The van der Waals surface area contributed by atoms with Crippen LogP contribution in [0, 0.1) is 0 Å². The van der Waals surface area contributed by atoms with E-state index >= 15 is 0 Å². The van der Waals surface area contributed by atoms with Gasteiger partial charge in [-0.2, -0.15) is 0 Å². The number of hydrogen-bond acceptors (Lipinski definition) is 3. The average Bonchev–Trinajstić information content (AvgIpc) is 2.11. The molecule has 0 amide bonds. The van der Waals surface area contributed by atoms with Crippen molar-refractivity contribution in [2.75, 3.05) is 6.67 Å². The lowest BCUT2D eigenvalue weighted by molar-refractivity contribution is 0.00258. The Bertz CT molecular complexity index is 172. The van der Waals surface area contributed by atoms with Gasteiger partial charge >= 0.3 is 8.80 Å². The summed E-state index contributed by atoms with van der Waals surface area (Å²) in [7, 11) is -2.75. The Kier molecular flexibility index (Phi) is 8.20. The van der Waals surface area contributed by atoms with Gasteiger partial charge in [-0.15, -0.1) is 0 Å². The third-order valence-corrected chi connectivity index (χ3v) is 5.32. The molecule has 0 aromatic rings. The first kappa shape index (κ1) is 17.0. The van der Waals surface area contributed by atoms with Crippen LogP contribution in [0.15, 0.2) is 0 Å². The zero-order valence-electron chi connectivity index (χ0n) is 12.0. The molecule has 0 atom stereocenters. The van der Waals surface area contributed by atoms with Crippen molar-refractivity contribution in [2.24, 2.45) is 0 Å². The fourth-order valence-electron chi connectivity index (χ4n) is 1.62. The van der Waals surface area contributed by atoms with E-state index in [9.17, 15) is 4.39 Å². The van der Waals surface area contributed by atoms with Gasteiger partial charge in [-0.3, -0.25) is 4.39 Å². The molecule has 0 aliphatic carbocycles. The number of rotatable bonds is 9.